The van der Waals surface area contributed by atoms with Gasteiger partial charge in [-0.15, -0.1) is 0 Å². The molecule has 1 aromatic carbocycles. The van der Waals surface area contributed by atoms with E-state index in [2.05, 4.69) is 0 Å². The summed E-state index contributed by atoms with van der Waals surface area (Å²) in [6, 6.07) is 6.09. The molecule has 4 nitrogen and oxygen atoms in total. The van der Waals surface area contributed by atoms with E-state index in [4.69, 9.17) is 10.00 Å². The lowest BCUT2D eigenvalue weighted by Crippen LogP contribution is -2.36. The highest BCUT2D eigenvalue weighted by Crippen LogP contribution is 2.26. The molecule has 100 valence electrons. The number of amides is 1. The Kier molecular flexibility index (Phi) is 4.00. The summed E-state index contributed by atoms with van der Waals surface area (Å²) in [5.74, 6) is -0.755. The van der Waals surface area contributed by atoms with Crippen molar-refractivity contribution in [2.24, 2.45) is 0 Å². The van der Waals surface area contributed by atoms with Gasteiger partial charge in [0.1, 0.15) is 0 Å². The zero-order chi connectivity index (χ0) is 13.8. The zero-order valence-corrected chi connectivity index (χ0v) is 10.7. The first-order chi connectivity index (χ1) is 9.15. The highest BCUT2D eigenvalue weighted by molar-refractivity contribution is 5.78. The van der Waals surface area contributed by atoms with Crippen LogP contribution in [-0.2, 0) is 4.79 Å². The molecule has 0 spiro atoms. The van der Waals surface area contributed by atoms with E-state index in [0.717, 1.165) is 18.9 Å². The molecule has 2 rings (SSSR count). The van der Waals surface area contributed by atoms with Crippen LogP contribution in [0.1, 0.15) is 25.3 Å². The fourth-order valence-corrected chi connectivity index (χ4v) is 1.93. The van der Waals surface area contributed by atoms with E-state index in [1.165, 1.54) is 12.1 Å². The van der Waals surface area contributed by atoms with Gasteiger partial charge in [-0.3, -0.25) is 4.79 Å². The molecule has 0 heterocycles. The Morgan fingerprint density at radius 2 is 2.32 bits per heavy atom. The third kappa shape index (κ3) is 3.22. The second-order valence-electron chi connectivity index (χ2n) is 4.46. The SMILES string of the molecule is CCN(C(=O)COc1ccc(C#N)cc1F)C1CC1. The quantitative estimate of drug-likeness (QED) is 0.816. The Morgan fingerprint density at radius 3 is 2.84 bits per heavy atom. The molecule has 19 heavy (non-hydrogen) atoms. The molecule has 0 atom stereocenters. The van der Waals surface area contributed by atoms with Crippen LogP contribution in [0.3, 0.4) is 0 Å². The van der Waals surface area contributed by atoms with Crippen LogP contribution in [0, 0.1) is 17.1 Å². The lowest BCUT2D eigenvalue weighted by Gasteiger charge is -2.20. The molecule has 1 aliphatic carbocycles. The van der Waals surface area contributed by atoms with E-state index in [0.29, 0.717) is 12.6 Å². The molecule has 0 N–H and O–H groups in total. The van der Waals surface area contributed by atoms with Crippen molar-refractivity contribution < 1.29 is 13.9 Å². The van der Waals surface area contributed by atoms with Crippen molar-refractivity contribution in [1.29, 1.82) is 5.26 Å². The van der Waals surface area contributed by atoms with E-state index in [1.807, 2.05) is 13.0 Å². The standard InChI is InChI=1S/C14H15FN2O2/c1-2-17(11-4-5-11)14(18)9-19-13-6-3-10(8-16)7-12(13)15/h3,6-7,11H,2,4-5,9H2,1H3. The summed E-state index contributed by atoms with van der Waals surface area (Å²) in [6.45, 7) is 2.38. The van der Waals surface area contributed by atoms with Crippen LogP contribution in [0.4, 0.5) is 4.39 Å². The smallest absolute Gasteiger partial charge is 0.260 e. The van der Waals surface area contributed by atoms with Gasteiger partial charge in [-0.25, -0.2) is 4.39 Å². The number of carbonyl (C=O) groups excluding carboxylic acids is 1. The first-order valence-corrected chi connectivity index (χ1v) is 6.27. The molecule has 1 aromatic rings. The number of hydrogen-bond acceptors (Lipinski definition) is 3. The molecule has 1 aliphatic rings. The fraction of sp³-hybridized carbons (Fsp3) is 0.429. The molecule has 0 aliphatic heterocycles. The monoisotopic (exact) mass is 262 g/mol. The normalized spacial score (nSPS) is 13.7. The van der Waals surface area contributed by atoms with E-state index < -0.39 is 5.82 Å². The number of rotatable bonds is 5. The van der Waals surface area contributed by atoms with E-state index in [9.17, 15) is 9.18 Å². The minimum atomic E-state index is -0.624. The molecule has 0 aromatic heterocycles. The lowest BCUT2D eigenvalue weighted by atomic mass is 10.2. The number of likely N-dealkylation sites (N-methyl/N-ethyl adjacent to an activating group) is 1. The number of benzene rings is 1. The summed E-state index contributed by atoms with van der Waals surface area (Å²) in [5, 5.41) is 8.63. The van der Waals surface area contributed by atoms with Gasteiger partial charge in [-0.1, -0.05) is 0 Å². The minimum absolute atomic E-state index is 0.000741. The molecule has 0 saturated heterocycles. The van der Waals surface area contributed by atoms with Crippen molar-refractivity contribution in [3.05, 3.63) is 29.6 Å². The molecule has 5 heteroatoms. The first kappa shape index (κ1) is 13.3. The molecule has 1 saturated carbocycles. The molecule has 1 fully saturated rings. The van der Waals surface area contributed by atoms with Gasteiger partial charge < -0.3 is 9.64 Å². The van der Waals surface area contributed by atoms with Gasteiger partial charge in [-0.05, 0) is 38.0 Å². The Morgan fingerprint density at radius 1 is 1.58 bits per heavy atom. The molecule has 1 amide bonds. The summed E-state index contributed by atoms with van der Waals surface area (Å²) >= 11 is 0. The predicted molar refractivity (Wildman–Crippen MR) is 67.0 cm³/mol. The zero-order valence-electron chi connectivity index (χ0n) is 10.7. The van der Waals surface area contributed by atoms with Crippen molar-refractivity contribution in [1.82, 2.24) is 4.90 Å². The van der Waals surface area contributed by atoms with Crippen molar-refractivity contribution >= 4 is 5.91 Å². The predicted octanol–water partition coefficient (Wildman–Crippen LogP) is 2.09. The highest BCUT2D eigenvalue weighted by atomic mass is 19.1. The number of halogens is 1. The van der Waals surface area contributed by atoms with Gasteiger partial charge >= 0.3 is 0 Å². The third-order valence-corrected chi connectivity index (χ3v) is 3.06. The van der Waals surface area contributed by atoms with Gasteiger partial charge in [0.15, 0.2) is 18.2 Å². The maximum atomic E-state index is 13.5. The molecule has 0 radical (unpaired) electrons. The van der Waals surface area contributed by atoms with E-state index >= 15 is 0 Å². The van der Waals surface area contributed by atoms with Crippen LogP contribution in [0.15, 0.2) is 18.2 Å². The van der Waals surface area contributed by atoms with Crippen molar-refractivity contribution in [2.75, 3.05) is 13.2 Å². The van der Waals surface area contributed by atoms with Crippen molar-refractivity contribution in [2.45, 2.75) is 25.8 Å². The number of nitriles is 1. The summed E-state index contributed by atoms with van der Waals surface area (Å²) < 4.78 is 18.7. The second-order valence-corrected chi connectivity index (χ2v) is 4.46. The third-order valence-electron chi connectivity index (χ3n) is 3.06. The summed E-state index contributed by atoms with van der Waals surface area (Å²) in [7, 11) is 0. The number of ether oxygens (including phenoxy) is 1. The molecule has 0 unspecified atom stereocenters. The van der Waals surface area contributed by atoms with Gasteiger partial charge in [0.25, 0.3) is 5.91 Å². The van der Waals surface area contributed by atoms with Crippen LogP contribution in [0.5, 0.6) is 5.75 Å². The molecular weight excluding hydrogens is 247 g/mol. The van der Waals surface area contributed by atoms with Crippen LogP contribution < -0.4 is 4.74 Å². The summed E-state index contributed by atoms with van der Waals surface area (Å²) in [5.41, 5.74) is 0.226. The highest BCUT2D eigenvalue weighted by Gasteiger charge is 2.31. The summed E-state index contributed by atoms with van der Waals surface area (Å²) in [4.78, 5) is 13.6. The van der Waals surface area contributed by atoms with Crippen LogP contribution in [-0.4, -0.2) is 30.0 Å². The summed E-state index contributed by atoms with van der Waals surface area (Å²) in [6.07, 6.45) is 2.07. The van der Waals surface area contributed by atoms with E-state index in [1.54, 1.807) is 4.90 Å². The average molecular weight is 262 g/mol. The Balaban J connectivity index is 1.95. The average Bonchev–Trinajstić information content (AvgIpc) is 3.22. The number of nitrogens with zero attached hydrogens (tertiary/aromatic N) is 2. The Labute approximate surface area is 111 Å². The topological polar surface area (TPSA) is 53.3 Å². The fourth-order valence-electron chi connectivity index (χ4n) is 1.93. The maximum absolute atomic E-state index is 13.5. The van der Waals surface area contributed by atoms with Crippen LogP contribution >= 0.6 is 0 Å². The Hall–Kier alpha value is -2.09. The van der Waals surface area contributed by atoms with E-state index in [-0.39, 0.29) is 23.8 Å². The molecule has 0 bridgehead atoms. The number of carbonyl (C=O) groups is 1. The maximum Gasteiger partial charge on any atom is 0.260 e. The molecular formula is C14H15FN2O2. The van der Waals surface area contributed by atoms with Gasteiger partial charge in [0, 0.05) is 12.6 Å². The Bertz CT molecular complexity index is 521. The number of hydrogen-bond donors (Lipinski definition) is 0. The first-order valence-electron chi connectivity index (χ1n) is 6.27. The second kappa shape index (κ2) is 5.70. The van der Waals surface area contributed by atoms with Gasteiger partial charge in [-0.2, -0.15) is 5.26 Å². The minimum Gasteiger partial charge on any atom is -0.481 e. The van der Waals surface area contributed by atoms with Gasteiger partial charge in [0.05, 0.1) is 11.6 Å². The van der Waals surface area contributed by atoms with Crippen molar-refractivity contribution in [3.63, 3.8) is 0 Å². The lowest BCUT2D eigenvalue weighted by molar-refractivity contribution is -0.133. The van der Waals surface area contributed by atoms with Crippen molar-refractivity contribution in [3.8, 4) is 11.8 Å². The van der Waals surface area contributed by atoms with Crippen LogP contribution in [0.2, 0.25) is 0 Å². The van der Waals surface area contributed by atoms with Crippen LogP contribution in [0.25, 0.3) is 0 Å². The largest absolute Gasteiger partial charge is 0.481 e. The van der Waals surface area contributed by atoms with Gasteiger partial charge in [0.2, 0.25) is 0 Å².